The van der Waals surface area contributed by atoms with Gasteiger partial charge in [0.1, 0.15) is 0 Å². The molecule has 1 aromatic heterocycles. The molecular formula is C11H21N3. The second-order valence-corrected chi connectivity index (χ2v) is 4.23. The maximum absolute atomic E-state index is 4.11. The van der Waals surface area contributed by atoms with Crippen molar-refractivity contribution >= 4 is 0 Å². The van der Waals surface area contributed by atoms with Crippen LogP contribution in [0.25, 0.3) is 0 Å². The first-order valence-corrected chi connectivity index (χ1v) is 5.61. The Kier molecular flexibility index (Phi) is 4.63. The van der Waals surface area contributed by atoms with Gasteiger partial charge >= 0.3 is 0 Å². The van der Waals surface area contributed by atoms with Crippen molar-refractivity contribution in [1.82, 2.24) is 15.0 Å². The average Bonchev–Trinajstić information content (AvgIpc) is 2.58. The molecule has 0 atom stereocenters. The number of hydrogen-bond acceptors (Lipinski definition) is 2. The van der Waals surface area contributed by atoms with Crippen LogP contribution in [0.2, 0.25) is 0 Å². The van der Waals surface area contributed by atoms with Gasteiger partial charge in [-0.3, -0.25) is 0 Å². The predicted octanol–water partition coefficient (Wildman–Crippen LogP) is 2.67. The van der Waals surface area contributed by atoms with E-state index in [1.54, 1.807) is 0 Å². The molecule has 80 valence electrons. The molecule has 14 heavy (non-hydrogen) atoms. The number of hydrogen-bond donors (Lipinski definition) is 0. The van der Waals surface area contributed by atoms with Gasteiger partial charge in [0.25, 0.3) is 0 Å². The SMILES string of the molecule is CCCCc1cnnn1CCC(C)C. The first kappa shape index (κ1) is 11.2. The fraction of sp³-hybridized carbons (Fsp3) is 0.818. The van der Waals surface area contributed by atoms with Crippen molar-refractivity contribution in [1.29, 1.82) is 0 Å². The number of aryl methyl sites for hydroxylation is 2. The van der Waals surface area contributed by atoms with Crippen LogP contribution in [0.3, 0.4) is 0 Å². The lowest BCUT2D eigenvalue weighted by Gasteiger charge is -2.07. The third-order valence-electron chi connectivity index (χ3n) is 2.40. The number of rotatable bonds is 6. The van der Waals surface area contributed by atoms with Crippen molar-refractivity contribution in [3.8, 4) is 0 Å². The van der Waals surface area contributed by atoms with Crippen LogP contribution in [0.5, 0.6) is 0 Å². The molecule has 0 radical (unpaired) electrons. The molecule has 0 aliphatic rings. The first-order chi connectivity index (χ1) is 6.74. The summed E-state index contributed by atoms with van der Waals surface area (Å²) in [5, 5.41) is 8.07. The second kappa shape index (κ2) is 5.78. The van der Waals surface area contributed by atoms with Crippen molar-refractivity contribution in [2.24, 2.45) is 5.92 Å². The number of aromatic nitrogens is 3. The van der Waals surface area contributed by atoms with E-state index in [-0.39, 0.29) is 0 Å². The van der Waals surface area contributed by atoms with Gasteiger partial charge in [0.15, 0.2) is 0 Å². The van der Waals surface area contributed by atoms with E-state index < -0.39 is 0 Å². The predicted molar refractivity (Wildman–Crippen MR) is 58.1 cm³/mol. The van der Waals surface area contributed by atoms with Crippen LogP contribution in [0, 0.1) is 5.92 Å². The average molecular weight is 195 g/mol. The minimum absolute atomic E-state index is 0.734. The second-order valence-electron chi connectivity index (χ2n) is 4.23. The van der Waals surface area contributed by atoms with Crippen LogP contribution in [-0.2, 0) is 13.0 Å². The lowest BCUT2D eigenvalue weighted by Crippen LogP contribution is -2.07. The minimum atomic E-state index is 0.734. The standard InChI is InChI=1S/C11H21N3/c1-4-5-6-11-9-12-13-14(11)8-7-10(2)3/h9-10H,4-8H2,1-3H3. The van der Waals surface area contributed by atoms with Crippen LogP contribution >= 0.6 is 0 Å². The monoisotopic (exact) mass is 195 g/mol. The molecule has 0 N–H and O–H groups in total. The van der Waals surface area contributed by atoms with Gasteiger partial charge < -0.3 is 0 Å². The Hall–Kier alpha value is -0.860. The van der Waals surface area contributed by atoms with Crippen LogP contribution < -0.4 is 0 Å². The van der Waals surface area contributed by atoms with Crippen molar-refractivity contribution < 1.29 is 0 Å². The highest BCUT2D eigenvalue weighted by Gasteiger charge is 2.03. The van der Waals surface area contributed by atoms with Crippen molar-refractivity contribution in [3.63, 3.8) is 0 Å². The van der Waals surface area contributed by atoms with Gasteiger partial charge in [-0.05, 0) is 25.2 Å². The molecule has 0 spiro atoms. The summed E-state index contributed by atoms with van der Waals surface area (Å²) < 4.78 is 2.05. The molecule has 0 aromatic carbocycles. The molecule has 0 bridgehead atoms. The summed E-state index contributed by atoms with van der Waals surface area (Å²) in [5.41, 5.74) is 1.28. The summed E-state index contributed by atoms with van der Waals surface area (Å²) in [4.78, 5) is 0. The van der Waals surface area contributed by atoms with Gasteiger partial charge in [0.2, 0.25) is 0 Å². The third kappa shape index (κ3) is 3.48. The molecule has 0 saturated carbocycles. The van der Waals surface area contributed by atoms with E-state index in [1.165, 1.54) is 25.0 Å². The normalized spacial score (nSPS) is 11.1. The highest BCUT2D eigenvalue weighted by molar-refractivity contribution is 4.93. The van der Waals surface area contributed by atoms with E-state index in [0.29, 0.717) is 0 Å². The molecule has 0 fully saturated rings. The van der Waals surface area contributed by atoms with Crippen molar-refractivity contribution in [2.45, 2.75) is 53.0 Å². The maximum Gasteiger partial charge on any atom is 0.0725 e. The van der Waals surface area contributed by atoms with Gasteiger partial charge in [-0.1, -0.05) is 32.4 Å². The summed E-state index contributed by atoms with van der Waals surface area (Å²) in [6.45, 7) is 7.70. The molecule has 0 unspecified atom stereocenters. The Balaban J connectivity index is 2.45. The van der Waals surface area contributed by atoms with Crippen LogP contribution in [-0.4, -0.2) is 15.0 Å². The van der Waals surface area contributed by atoms with Crippen molar-refractivity contribution in [2.75, 3.05) is 0 Å². The van der Waals surface area contributed by atoms with Crippen LogP contribution in [0.1, 0.15) is 45.7 Å². The molecule has 1 heterocycles. The Labute approximate surface area is 86.5 Å². The molecule has 0 aliphatic heterocycles. The first-order valence-electron chi connectivity index (χ1n) is 5.61. The van der Waals surface area contributed by atoms with Gasteiger partial charge in [-0.25, -0.2) is 4.68 Å². The third-order valence-corrected chi connectivity index (χ3v) is 2.40. The summed E-state index contributed by atoms with van der Waals surface area (Å²) in [6.07, 6.45) is 6.66. The van der Waals surface area contributed by atoms with Crippen molar-refractivity contribution in [3.05, 3.63) is 11.9 Å². The van der Waals surface area contributed by atoms with E-state index in [2.05, 4.69) is 35.8 Å². The van der Waals surface area contributed by atoms with Gasteiger partial charge in [0.05, 0.1) is 11.9 Å². The highest BCUT2D eigenvalue weighted by atomic mass is 15.4. The Morgan fingerprint density at radius 1 is 1.43 bits per heavy atom. The zero-order valence-corrected chi connectivity index (χ0v) is 9.53. The zero-order chi connectivity index (χ0) is 10.4. The molecule has 3 nitrogen and oxygen atoms in total. The molecule has 0 amide bonds. The summed E-state index contributed by atoms with van der Waals surface area (Å²) in [6, 6.07) is 0. The smallest absolute Gasteiger partial charge is 0.0725 e. The highest BCUT2D eigenvalue weighted by Crippen LogP contribution is 2.06. The molecule has 3 heteroatoms. The lowest BCUT2D eigenvalue weighted by atomic mass is 10.1. The van der Waals surface area contributed by atoms with E-state index in [4.69, 9.17) is 0 Å². The van der Waals surface area contributed by atoms with Crippen LogP contribution in [0.4, 0.5) is 0 Å². The zero-order valence-electron chi connectivity index (χ0n) is 9.53. The lowest BCUT2D eigenvalue weighted by molar-refractivity contribution is 0.465. The van der Waals surface area contributed by atoms with E-state index in [9.17, 15) is 0 Å². The topological polar surface area (TPSA) is 30.7 Å². The molecule has 1 rings (SSSR count). The van der Waals surface area contributed by atoms with Gasteiger partial charge in [0, 0.05) is 6.54 Å². The fourth-order valence-electron chi connectivity index (χ4n) is 1.40. The van der Waals surface area contributed by atoms with Gasteiger partial charge in [-0.15, -0.1) is 5.10 Å². The molecular weight excluding hydrogens is 174 g/mol. The Morgan fingerprint density at radius 3 is 2.86 bits per heavy atom. The molecule has 0 saturated heterocycles. The largest absolute Gasteiger partial charge is 0.249 e. The maximum atomic E-state index is 4.11. The number of nitrogens with zero attached hydrogens (tertiary/aromatic N) is 3. The summed E-state index contributed by atoms with van der Waals surface area (Å²) in [7, 11) is 0. The summed E-state index contributed by atoms with van der Waals surface area (Å²) in [5.74, 6) is 0.734. The fourth-order valence-corrected chi connectivity index (χ4v) is 1.40. The quantitative estimate of drug-likeness (QED) is 0.698. The Bertz CT molecular complexity index is 253. The minimum Gasteiger partial charge on any atom is -0.249 e. The van der Waals surface area contributed by atoms with E-state index in [1.807, 2.05) is 6.20 Å². The van der Waals surface area contributed by atoms with Crippen LogP contribution in [0.15, 0.2) is 6.20 Å². The Morgan fingerprint density at radius 2 is 2.21 bits per heavy atom. The van der Waals surface area contributed by atoms with Gasteiger partial charge in [-0.2, -0.15) is 0 Å². The molecule has 1 aromatic rings. The number of unbranched alkanes of at least 4 members (excludes halogenated alkanes) is 1. The van der Waals surface area contributed by atoms with E-state index >= 15 is 0 Å². The van der Waals surface area contributed by atoms with E-state index in [0.717, 1.165) is 18.9 Å². The summed E-state index contributed by atoms with van der Waals surface area (Å²) >= 11 is 0. The molecule has 0 aliphatic carbocycles.